The zero-order valence-electron chi connectivity index (χ0n) is 14.6. The maximum absolute atomic E-state index is 4.52. The van der Waals surface area contributed by atoms with E-state index in [2.05, 4.69) is 46.8 Å². The van der Waals surface area contributed by atoms with E-state index in [9.17, 15) is 0 Å². The second-order valence-electron chi connectivity index (χ2n) is 5.70. The van der Waals surface area contributed by atoms with Gasteiger partial charge in [-0.05, 0) is 48.2 Å². The van der Waals surface area contributed by atoms with Gasteiger partial charge in [-0.2, -0.15) is 9.61 Å². The molecular formula is C17H13N9S2. The molecule has 0 saturated heterocycles. The van der Waals surface area contributed by atoms with Crippen LogP contribution in [0.25, 0.3) is 16.6 Å². The molecule has 0 aliphatic heterocycles. The topological polar surface area (TPSA) is 110 Å². The van der Waals surface area contributed by atoms with Gasteiger partial charge in [0.05, 0.1) is 5.52 Å². The monoisotopic (exact) mass is 407 g/mol. The Morgan fingerprint density at radius 3 is 2.86 bits per heavy atom. The Kier molecular flexibility index (Phi) is 4.29. The van der Waals surface area contributed by atoms with E-state index in [0.717, 1.165) is 31.7 Å². The molecule has 4 aromatic heterocycles. The maximum Gasteiger partial charge on any atom is 0.217 e. The van der Waals surface area contributed by atoms with Crippen LogP contribution in [0.2, 0.25) is 0 Å². The van der Waals surface area contributed by atoms with Crippen LogP contribution in [0.4, 0.5) is 5.82 Å². The van der Waals surface area contributed by atoms with Gasteiger partial charge in [0.2, 0.25) is 5.16 Å². The van der Waals surface area contributed by atoms with Crippen molar-refractivity contribution in [2.75, 3.05) is 12.4 Å². The predicted octanol–water partition coefficient (Wildman–Crippen LogP) is 3.13. The molecule has 0 unspecified atom stereocenters. The van der Waals surface area contributed by atoms with Crippen LogP contribution in [-0.4, -0.2) is 47.0 Å². The standard InChI is InChI=1S/C17H13N9S2/c1-18-14-4-5-15-22-24-17(26(15)25-14)28-13-6-7-19-12-3-2-10(8-11(12)13)27-16-20-9-21-23-16/h2-9H,1H3,(H,18,25)(H,20,21,23). The number of rotatable bonds is 5. The fourth-order valence-electron chi connectivity index (χ4n) is 2.67. The van der Waals surface area contributed by atoms with E-state index in [1.165, 1.54) is 29.9 Å². The summed E-state index contributed by atoms with van der Waals surface area (Å²) in [5.41, 5.74) is 1.60. The van der Waals surface area contributed by atoms with Crippen molar-refractivity contribution in [1.82, 2.24) is 40.0 Å². The van der Waals surface area contributed by atoms with Gasteiger partial charge < -0.3 is 5.32 Å². The summed E-state index contributed by atoms with van der Waals surface area (Å²) >= 11 is 3.02. The number of benzene rings is 1. The summed E-state index contributed by atoms with van der Waals surface area (Å²) in [6.07, 6.45) is 3.29. The third-order valence-corrected chi connectivity index (χ3v) is 5.86. The van der Waals surface area contributed by atoms with E-state index in [4.69, 9.17) is 0 Å². The molecule has 0 saturated carbocycles. The molecule has 0 radical (unpaired) electrons. The maximum atomic E-state index is 4.52. The summed E-state index contributed by atoms with van der Waals surface area (Å²) in [5, 5.41) is 25.2. The Morgan fingerprint density at radius 1 is 1.04 bits per heavy atom. The molecule has 0 bridgehead atoms. The first-order valence-electron chi connectivity index (χ1n) is 8.30. The number of H-pyrrole nitrogens is 1. The van der Waals surface area contributed by atoms with E-state index in [0.29, 0.717) is 10.8 Å². The molecule has 0 atom stereocenters. The first-order valence-corrected chi connectivity index (χ1v) is 9.93. The van der Waals surface area contributed by atoms with Gasteiger partial charge in [0.25, 0.3) is 0 Å². The van der Waals surface area contributed by atoms with Gasteiger partial charge in [-0.15, -0.1) is 15.3 Å². The van der Waals surface area contributed by atoms with Gasteiger partial charge in [0.1, 0.15) is 12.1 Å². The molecule has 5 rings (SSSR count). The average Bonchev–Trinajstić information content (AvgIpc) is 3.38. The van der Waals surface area contributed by atoms with Crippen LogP contribution in [0, 0.1) is 0 Å². The lowest BCUT2D eigenvalue weighted by molar-refractivity contribution is 0.812. The van der Waals surface area contributed by atoms with Crippen LogP contribution in [0.15, 0.2) is 69.0 Å². The molecular weight excluding hydrogens is 394 g/mol. The lowest BCUT2D eigenvalue weighted by Crippen LogP contribution is -1.99. The van der Waals surface area contributed by atoms with E-state index in [1.807, 2.05) is 37.4 Å². The van der Waals surface area contributed by atoms with Crippen LogP contribution in [0.5, 0.6) is 0 Å². The highest BCUT2D eigenvalue weighted by Gasteiger charge is 2.12. The number of anilines is 1. The number of pyridine rings is 1. The minimum atomic E-state index is 0.688. The summed E-state index contributed by atoms with van der Waals surface area (Å²) in [7, 11) is 1.83. The van der Waals surface area contributed by atoms with Gasteiger partial charge in [-0.1, -0.05) is 11.8 Å². The largest absolute Gasteiger partial charge is 0.372 e. The molecule has 5 aromatic rings. The lowest BCUT2D eigenvalue weighted by atomic mass is 10.2. The minimum Gasteiger partial charge on any atom is -0.372 e. The summed E-state index contributed by atoms with van der Waals surface area (Å²) < 4.78 is 1.73. The van der Waals surface area contributed by atoms with Crippen molar-refractivity contribution in [1.29, 1.82) is 0 Å². The zero-order valence-corrected chi connectivity index (χ0v) is 16.2. The Balaban J connectivity index is 1.55. The second-order valence-corrected chi connectivity index (χ2v) is 7.78. The van der Waals surface area contributed by atoms with Gasteiger partial charge in [-0.3, -0.25) is 10.1 Å². The molecule has 0 fully saturated rings. The first kappa shape index (κ1) is 17.0. The Labute approximate surface area is 167 Å². The van der Waals surface area contributed by atoms with Crippen molar-refractivity contribution >= 4 is 45.9 Å². The van der Waals surface area contributed by atoms with Crippen molar-refractivity contribution in [3.8, 4) is 0 Å². The minimum absolute atomic E-state index is 0.688. The smallest absolute Gasteiger partial charge is 0.217 e. The second kappa shape index (κ2) is 7.09. The predicted molar refractivity (Wildman–Crippen MR) is 107 cm³/mol. The summed E-state index contributed by atoms with van der Waals surface area (Å²) in [6, 6.07) is 11.8. The Hall–Kier alpha value is -3.18. The molecule has 28 heavy (non-hydrogen) atoms. The number of aromatic amines is 1. The van der Waals surface area contributed by atoms with Gasteiger partial charge in [-0.25, -0.2) is 4.98 Å². The van der Waals surface area contributed by atoms with Crippen LogP contribution < -0.4 is 5.32 Å². The fourth-order valence-corrected chi connectivity index (χ4v) is 4.31. The summed E-state index contributed by atoms with van der Waals surface area (Å²) in [4.78, 5) is 10.7. The third kappa shape index (κ3) is 3.14. The average molecular weight is 407 g/mol. The highest BCUT2D eigenvalue weighted by atomic mass is 32.2. The van der Waals surface area contributed by atoms with Crippen molar-refractivity contribution in [2.45, 2.75) is 20.1 Å². The normalized spacial score (nSPS) is 11.3. The molecule has 9 nitrogen and oxygen atoms in total. The number of hydrogen-bond donors (Lipinski definition) is 2. The number of nitrogens with zero attached hydrogens (tertiary/aromatic N) is 7. The molecule has 0 amide bonds. The fraction of sp³-hybridized carbons (Fsp3) is 0.0588. The van der Waals surface area contributed by atoms with Gasteiger partial charge >= 0.3 is 0 Å². The molecule has 0 aliphatic carbocycles. The Morgan fingerprint density at radius 2 is 2.00 bits per heavy atom. The van der Waals surface area contributed by atoms with Crippen molar-refractivity contribution in [3.05, 3.63) is 48.9 Å². The molecule has 11 heteroatoms. The quantitative estimate of drug-likeness (QED) is 0.454. The Bertz CT molecular complexity index is 1270. The number of aromatic nitrogens is 8. The van der Waals surface area contributed by atoms with Crippen LogP contribution >= 0.6 is 23.5 Å². The van der Waals surface area contributed by atoms with Gasteiger partial charge in [0.15, 0.2) is 10.8 Å². The summed E-state index contributed by atoms with van der Waals surface area (Å²) in [5.74, 6) is 0.750. The van der Waals surface area contributed by atoms with Gasteiger partial charge in [0, 0.05) is 28.4 Å². The van der Waals surface area contributed by atoms with Crippen LogP contribution in [0.3, 0.4) is 0 Å². The molecule has 0 spiro atoms. The third-order valence-electron chi connectivity index (χ3n) is 3.97. The van der Waals surface area contributed by atoms with E-state index >= 15 is 0 Å². The molecule has 0 aliphatic rings. The molecule has 2 N–H and O–H groups in total. The first-order chi connectivity index (χ1) is 13.8. The van der Waals surface area contributed by atoms with Crippen LogP contribution in [-0.2, 0) is 0 Å². The van der Waals surface area contributed by atoms with Crippen molar-refractivity contribution < 1.29 is 0 Å². The van der Waals surface area contributed by atoms with Crippen LogP contribution in [0.1, 0.15) is 0 Å². The molecule has 1 aromatic carbocycles. The highest BCUT2D eigenvalue weighted by Crippen LogP contribution is 2.34. The SMILES string of the molecule is CNc1ccc2nnc(Sc3ccnc4ccc(Sc5ncn[nH]5)cc34)n2n1. The zero-order chi connectivity index (χ0) is 18.9. The lowest BCUT2D eigenvalue weighted by Gasteiger charge is -2.07. The van der Waals surface area contributed by atoms with E-state index in [1.54, 1.807) is 10.7 Å². The number of nitrogens with one attached hydrogen (secondary N) is 2. The summed E-state index contributed by atoms with van der Waals surface area (Å²) in [6.45, 7) is 0. The highest BCUT2D eigenvalue weighted by molar-refractivity contribution is 7.99. The van der Waals surface area contributed by atoms with E-state index in [-0.39, 0.29) is 0 Å². The van der Waals surface area contributed by atoms with E-state index < -0.39 is 0 Å². The molecule has 138 valence electrons. The number of hydrogen-bond acceptors (Lipinski definition) is 9. The number of fused-ring (bicyclic) bond motifs is 2. The van der Waals surface area contributed by atoms with Crippen molar-refractivity contribution in [2.24, 2.45) is 0 Å². The van der Waals surface area contributed by atoms with Crippen molar-refractivity contribution in [3.63, 3.8) is 0 Å². The molecule has 4 heterocycles.